The van der Waals surface area contributed by atoms with E-state index in [9.17, 15) is 0 Å². The molecule has 3 N–H and O–H groups in total. The molecule has 0 heterocycles. The average Bonchev–Trinajstić information content (AvgIpc) is 3.30. The van der Waals surface area contributed by atoms with Gasteiger partial charge in [0.25, 0.3) is 0 Å². The van der Waals surface area contributed by atoms with Gasteiger partial charge < -0.3 is 11.1 Å². The molecule has 2 aliphatic carbocycles. The first-order valence-electron chi connectivity index (χ1n) is 8.35. The molecule has 5 heteroatoms. The van der Waals surface area contributed by atoms with Crippen molar-refractivity contribution in [3.63, 3.8) is 0 Å². The summed E-state index contributed by atoms with van der Waals surface area (Å²) in [5.41, 5.74) is 9.31. The third-order valence-electron chi connectivity index (χ3n) is 5.03. The van der Waals surface area contributed by atoms with Crippen molar-refractivity contribution >= 4 is 30.9 Å². The molecule has 24 heavy (non-hydrogen) atoms. The predicted molar refractivity (Wildman–Crippen MR) is 105 cm³/mol. The van der Waals surface area contributed by atoms with Gasteiger partial charge in [0.15, 0.2) is 0 Å². The zero-order valence-corrected chi connectivity index (χ0v) is 15.7. The molecule has 0 aromatic heterocycles. The number of nitrogens with two attached hydrogens (primary N) is 1. The van der Waals surface area contributed by atoms with Crippen molar-refractivity contribution in [2.24, 2.45) is 11.7 Å². The molecular weight excluding hydrogens is 341 g/mol. The Bertz CT molecular complexity index is 584. The van der Waals surface area contributed by atoms with E-state index in [4.69, 9.17) is 11.0 Å². The maximum atomic E-state index is 8.83. The number of benzene rings is 1. The zero-order chi connectivity index (χ0) is 15.5. The van der Waals surface area contributed by atoms with Crippen LogP contribution in [0.5, 0.6) is 0 Å². The molecule has 0 saturated heterocycles. The molecule has 0 aliphatic heterocycles. The van der Waals surface area contributed by atoms with Crippen LogP contribution < -0.4 is 11.1 Å². The minimum atomic E-state index is 0. The number of nitrogens with one attached hydrogen (secondary N) is 1. The first-order valence-corrected chi connectivity index (χ1v) is 8.35. The largest absolute Gasteiger partial charge is 0.328 e. The van der Waals surface area contributed by atoms with Crippen LogP contribution >= 0.6 is 24.8 Å². The summed E-state index contributed by atoms with van der Waals surface area (Å²) < 4.78 is 0. The lowest BCUT2D eigenvalue weighted by atomic mass is 9.92. The fourth-order valence-corrected chi connectivity index (χ4v) is 3.49. The summed E-state index contributed by atoms with van der Waals surface area (Å²) in [5, 5.41) is 12.6. The summed E-state index contributed by atoms with van der Waals surface area (Å²) in [6.07, 6.45) is 8.28. The topological polar surface area (TPSA) is 61.8 Å². The van der Waals surface area contributed by atoms with Crippen LogP contribution in [0, 0.1) is 17.2 Å². The van der Waals surface area contributed by atoms with Crippen molar-refractivity contribution in [1.29, 1.82) is 5.26 Å². The van der Waals surface area contributed by atoms with Crippen LogP contribution in [-0.4, -0.2) is 18.1 Å². The molecule has 0 spiro atoms. The molecular formula is C19H27Cl2N3. The van der Waals surface area contributed by atoms with Crippen LogP contribution in [0.15, 0.2) is 29.8 Å². The summed E-state index contributed by atoms with van der Waals surface area (Å²) in [5.74, 6) is 0.672. The number of halogens is 2. The summed E-state index contributed by atoms with van der Waals surface area (Å²) in [7, 11) is 0. The third-order valence-corrected chi connectivity index (χ3v) is 5.03. The van der Waals surface area contributed by atoms with Gasteiger partial charge in [-0.3, -0.25) is 0 Å². The highest BCUT2D eigenvalue weighted by Gasteiger charge is 2.39. The van der Waals surface area contributed by atoms with Crippen molar-refractivity contribution in [2.75, 3.05) is 0 Å². The lowest BCUT2D eigenvalue weighted by Crippen LogP contribution is -2.38. The van der Waals surface area contributed by atoms with E-state index < -0.39 is 0 Å². The number of nitriles is 1. The Morgan fingerprint density at radius 2 is 1.79 bits per heavy atom. The van der Waals surface area contributed by atoms with E-state index in [2.05, 4.69) is 24.4 Å². The molecule has 1 aromatic rings. The van der Waals surface area contributed by atoms with Crippen molar-refractivity contribution in [3.05, 3.63) is 41.0 Å². The van der Waals surface area contributed by atoms with Crippen LogP contribution in [-0.2, 0) is 0 Å². The van der Waals surface area contributed by atoms with Gasteiger partial charge in [0, 0.05) is 18.1 Å². The van der Waals surface area contributed by atoms with Crippen LogP contribution in [0.2, 0.25) is 0 Å². The molecule has 2 aliphatic rings. The predicted octanol–water partition coefficient (Wildman–Crippen LogP) is 4.05. The Labute approximate surface area is 157 Å². The van der Waals surface area contributed by atoms with E-state index in [1.807, 2.05) is 24.3 Å². The maximum absolute atomic E-state index is 8.83. The highest BCUT2D eigenvalue weighted by atomic mass is 35.5. The Kier molecular flexibility index (Phi) is 8.26. The summed E-state index contributed by atoms with van der Waals surface area (Å²) in [6, 6.07) is 11.7. The van der Waals surface area contributed by atoms with E-state index in [0.29, 0.717) is 24.0 Å². The fraction of sp³-hybridized carbons (Fsp3) is 0.526. The van der Waals surface area contributed by atoms with Crippen molar-refractivity contribution in [3.8, 4) is 6.07 Å². The molecule has 2 fully saturated rings. The Balaban J connectivity index is 0.00000144. The number of hydrogen-bond acceptors (Lipinski definition) is 3. The van der Waals surface area contributed by atoms with E-state index in [-0.39, 0.29) is 24.8 Å². The molecule has 132 valence electrons. The third kappa shape index (κ3) is 5.50. The fourth-order valence-electron chi connectivity index (χ4n) is 3.49. The molecule has 2 unspecified atom stereocenters. The minimum Gasteiger partial charge on any atom is -0.328 e. The minimum absolute atomic E-state index is 0. The van der Waals surface area contributed by atoms with Crippen LogP contribution in [0.3, 0.4) is 0 Å². The van der Waals surface area contributed by atoms with E-state index >= 15 is 0 Å². The normalized spacial score (nSPS) is 29.0. The molecule has 0 amide bonds. The summed E-state index contributed by atoms with van der Waals surface area (Å²) in [4.78, 5) is 0. The first-order chi connectivity index (χ1) is 10.7. The Morgan fingerprint density at radius 1 is 1.17 bits per heavy atom. The van der Waals surface area contributed by atoms with E-state index in [0.717, 1.165) is 18.4 Å². The van der Waals surface area contributed by atoms with E-state index in [1.165, 1.54) is 30.4 Å². The second-order valence-corrected chi connectivity index (χ2v) is 6.85. The van der Waals surface area contributed by atoms with Crippen LogP contribution in [0.25, 0.3) is 6.08 Å². The van der Waals surface area contributed by atoms with Gasteiger partial charge in [-0.2, -0.15) is 5.26 Å². The van der Waals surface area contributed by atoms with Crippen LogP contribution in [0.4, 0.5) is 0 Å². The lowest BCUT2D eigenvalue weighted by Gasteiger charge is -2.27. The highest BCUT2D eigenvalue weighted by molar-refractivity contribution is 5.85. The second-order valence-electron chi connectivity index (χ2n) is 6.85. The van der Waals surface area contributed by atoms with Crippen molar-refractivity contribution < 1.29 is 0 Å². The van der Waals surface area contributed by atoms with Crippen molar-refractivity contribution in [1.82, 2.24) is 5.32 Å². The molecule has 0 radical (unpaired) electrons. The molecule has 0 bridgehead atoms. The Morgan fingerprint density at radius 3 is 2.38 bits per heavy atom. The number of nitrogens with zero attached hydrogens (tertiary/aromatic N) is 1. The molecule has 2 saturated carbocycles. The lowest BCUT2D eigenvalue weighted by molar-refractivity contribution is 0.338. The second kappa shape index (κ2) is 9.44. The van der Waals surface area contributed by atoms with Gasteiger partial charge in [-0.05, 0) is 62.6 Å². The number of hydrogen-bond donors (Lipinski definition) is 2. The summed E-state index contributed by atoms with van der Waals surface area (Å²) >= 11 is 0. The van der Waals surface area contributed by atoms with Gasteiger partial charge in [0.1, 0.15) is 0 Å². The smallest absolute Gasteiger partial charge is 0.0991 e. The van der Waals surface area contributed by atoms with Gasteiger partial charge in [-0.1, -0.05) is 23.8 Å². The molecule has 1 aromatic carbocycles. The van der Waals surface area contributed by atoms with Crippen molar-refractivity contribution in [2.45, 2.75) is 57.2 Å². The highest BCUT2D eigenvalue weighted by Crippen LogP contribution is 2.39. The monoisotopic (exact) mass is 367 g/mol. The Hall–Kier alpha value is -1.05. The van der Waals surface area contributed by atoms with E-state index in [1.54, 1.807) is 0 Å². The molecule has 2 atom stereocenters. The van der Waals surface area contributed by atoms with Gasteiger partial charge in [-0.15, -0.1) is 24.8 Å². The van der Waals surface area contributed by atoms with Crippen LogP contribution in [0.1, 0.15) is 50.2 Å². The maximum Gasteiger partial charge on any atom is 0.0991 e. The zero-order valence-electron chi connectivity index (χ0n) is 14.1. The SMILES string of the molecule is C/C(=C\c1ccc(C#N)cc1)C1CC1NC1CCC(N)CC1.Cl.Cl. The standard InChI is InChI=1S/C19H25N3.2ClH/c1-13(10-14-2-4-15(12-20)5-3-14)18-11-19(18)22-17-8-6-16(21)7-9-17;;/h2-5,10,16-19,22H,6-9,11,21H2,1H3;2*1H/b13-10+;;. The van der Waals surface area contributed by atoms with Gasteiger partial charge >= 0.3 is 0 Å². The quantitative estimate of drug-likeness (QED) is 0.843. The number of rotatable bonds is 4. The molecule has 3 rings (SSSR count). The molecule has 3 nitrogen and oxygen atoms in total. The summed E-state index contributed by atoms with van der Waals surface area (Å²) in [6.45, 7) is 2.22. The van der Waals surface area contributed by atoms with Gasteiger partial charge in [0.05, 0.1) is 11.6 Å². The van der Waals surface area contributed by atoms with Gasteiger partial charge in [0.2, 0.25) is 0 Å². The van der Waals surface area contributed by atoms with Gasteiger partial charge in [-0.25, -0.2) is 0 Å². The first kappa shape index (κ1) is 21.0. The average molecular weight is 368 g/mol.